The summed E-state index contributed by atoms with van der Waals surface area (Å²) in [6.07, 6.45) is 0. The third kappa shape index (κ3) is 1.50. The van der Waals surface area contributed by atoms with Crippen molar-refractivity contribution in [2.45, 2.75) is 12.8 Å². The molecule has 0 aliphatic heterocycles. The number of rotatable bonds is 1. The van der Waals surface area contributed by atoms with E-state index in [0.717, 1.165) is 22.3 Å². The van der Waals surface area contributed by atoms with Crippen LogP contribution in [0.25, 0.3) is 11.4 Å². The molecule has 0 spiro atoms. The van der Waals surface area contributed by atoms with Crippen molar-refractivity contribution in [2.75, 3.05) is 0 Å². The van der Waals surface area contributed by atoms with Crippen LogP contribution in [0.1, 0.15) is 29.5 Å². The number of benzene rings is 2. The SMILES string of the molecule is CC1C(c2ccccc2)=C(F)c2ccccc21. The lowest BCUT2D eigenvalue weighted by Crippen LogP contribution is -1.92. The van der Waals surface area contributed by atoms with E-state index in [1.165, 1.54) is 0 Å². The maximum atomic E-state index is 14.4. The second-order valence-electron chi connectivity index (χ2n) is 4.40. The minimum absolute atomic E-state index is 0.0701. The first-order chi connectivity index (χ1) is 8.29. The van der Waals surface area contributed by atoms with Crippen molar-refractivity contribution in [3.05, 3.63) is 71.3 Å². The molecule has 1 atom stereocenters. The van der Waals surface area contributed by atoms with E-state index in [-0.39, 0.29) is 11.7 Å². The molecule has 2 aromatic carbocycles. The van der Waals surface area contributed by atoms with Crippen LogP contribution in [-0.2, 0) is 0 Å². The Balaban J connectivity index is 2.18. The average molecular weight is 224 g/mol. The van der Waals surface area contributed by atoms with Gasteiger partial charge in [-0.05, 0) is 11.1 Å². The molecule has 0 saturated heterocycles. The highest BCUT2D eigenvalue weighted by atomic mass is 19.1. The Kier molecular flexibility index (Phi) is 2.32. The Bertz CT molecular complexity index is 581. The fourth-order valence-corrected chi connectivity index (χ4v) is 2.56. The molecule has 0 saturated carbocycles. The molecule has 0 N–H and O–H groups in total. The molecular weight excluding hydrogens is 211 g/mol. The fourth-order valence-electron chi connectivity index (χ4n) is 2.56. The summed E-state index contributed by atoms with van der Waals surface area (Å²) in [6, 6.07) is 17.5. The van der Waals surface area contributed by atoms with Gasteiger partial charge in [0.1, 0.15) is 5.83 Å². The molecule has 0 radical (unpaired) electrons. The van der Waals surface area contributed by atoms with E-state index in [1.807, 2.05) is 54.6 Å². The van der Waals surface area contributed by atoms with Crippen LogP contribution in [0.2, 0.25) is 0 Å². The number of allylic oxidation sites excluding steroid dienone is 1. The summed E-state index contributed by atoms with van der Waals surface area (Å²) in [6.45, 7) is 2.06. The summed E-state index contributed by atoms with van der Waals surface area (Å²) in [7, 11) is 0. The molecule has 1 heteroatoms. The van der Waals surface area contributed by atoms with Gasteiger partial charge in [0, 0.05) is 17.1 Å². The van der Waals surface area contributed by atoms with Crippen molar-refractivity contribution >= 4 is 11.4 Å². The number of hydrogen-bond donors (Lipinski definition) is 0. The normalized spacial score (nSPS) is 18.4. The third-order valence-corrected chi connectivity index (χ3v) is 3.42. The van der Waals surface area contributed by atoms with Gasteiger partial charge in [0.2, 0.25) is 0 Å². The summed E-state index contributed by atoms with van der Waals surface area (Å²) >= 11 is 0. The molecule has 0 fully saturated rings. The molecule has 0 amide bonds. The number of hydrogen-bond acceptors (Lipinski definition) is 0. The van der Waals surface area contributed by atoms with Crippen molar-refractivity contribution in [1.29, 1.82) is 0 Å². The number of fused-ring (bicyclic) bond motifs is 1. The minimum atomic E-state index is -0.0701. The van der Waals surface area contributed by atoms with Gasteiger partial charge in [-0.2, -0.15) is 0 Å². The summed E-state index contributed by atoms with van der Waals surface area (Å²) in [5, 5.41) is 0. The van der Waals surface area contributed by atoms with Gasteiger partial charge >= 0.3 is 0 Å². The predicted molar refractivity (Wildman–Crippen MR) is 69.2 cm³/mol. The zero-order chi connectivity index (χ0) is 11.8. The summed E-state index contributed by atoms with van der Waals surface area (Å²) in [4.78, 5) is 0. The van der Waals surface area contributed by atoms with Crippen LogP contribution in [0.4, 0.5) is 4.39 Å². The molecule has 0 heterocycles. The van der Waals surface area contributed by atoms with E-state index < -0.39 is 0 Å². The van der Waals surface area contributed by atoms with E-state index >= 15 is 0 Å². The van der Waals surface area contributed by atoms with Crippen LogP contribution in [0, 0.1) is 0 Å². The van der Waals surface area contributed by atoms with Gasteiger partial charge < -0.3 is 0 Å². The largest absolute Gasteiger partial charge is 0.206 e. The van der Waals surface area contributed by atoms with Gasteiger partial charge in [0.15, 0.2) is 0 Å². The Morgan fingerprint density at radius 3 is 2.24 bits per heavy atom. The van der Waals surface area contributed by atoms with E-state index in [2.05, 4.69) is 6.92 Å². The third-order valence-electron chi connectivity index (χ3n) is 3.42. The lowest BCUT2D eigenvalue weighted by Gasteiger charge is -2.10. The second-order valence-corrected chi connectivity index (χ2v) is 4.40. The summed E-state index contributed by atoms with van der Waals surface area (Å²) in [5.74, 6) is 0.0629. The van der Waals surface area contributed by atoms with Gasteiger partial charge in [-0.25, -0.2) is 4.39 Å². The predicted octanol–water partition coefficient (Wildman–Crippen LogP) is 4.64. The molecule has 17 heavy (non-hydrogen) atoms. The van der Waals surface area contributed by atoms with Crippen molar-refractivity contribution < 1.29 is 4.39 Å². The fraction of sp³-hybridized carbons (Fsp3) is 0.125. The quantitative estimate of drug-likeness (QED) is 0.661. The van der Waals surface area contributed by atoms with Crippen molar-refractivity contribution in [3.8, 4) is 0 Å². The average Bonchev–Trinajstić information content (AvgIpc) is 2.64. The molecule has 2 aromatic rings. The Hall–Kier alpha value is -1.89. The standard InChI is InChI=1S/C16H13F/c1-11-13-9-5-6-10-14(13)16(17)15(11)12-7-3-2-4-8-12/h2-11H,1H3. The Morgan fingerprint density at radius 2 is 1.53 bits per heavy atom. The van der Waals surface area contributed by atoms with Crippen LogP contribution in [-0.4, -0.2) is 0 Å². The first-order valence-electron chi connectivity index (χ1n) is 5.83. The zero-order valence-corrected chi connectivity index (χ0v) is 9.65. The van der Waals surface area contributed by atoms with Crippen LogP contribution in [0.3, 0.4) is 0 Å². The Labute approximate surface area is 100 Å². The van der Waals surface area contributed by atoms with Gasteiger partial charge in [-0.3, -0.25) is 0 Å². The second kappa shape index (κ2) is 3.85. The smallest absolute Gasteiger partial charge is 0.135 e. The lowest BCUT2D eigenvalue weighted by molar-refractivity contribution is 0.764. The Morgan fingerprint density at radius 1 is 0.882 bits per heavy atom. The van der Waals surface area contributed by atoms with Crippen molar-refractivity contribution in [3.63, 3.8) is 0 Å². The van der Waals surface area contributed by atoms with Crippen LogP contribution in [0.15, 0.2) is 54.6 Å². The maximum absolute atomic E-state index is 14.4. The summed E-state index contributed by atoms with van der Waals surface area (Å²) < 4.78 is 14.4. The van der Waals surface area contributed by atoms with E-state index in [1.54, 1.807) is 0 Å². The molecule has 1 unspecified atom stereocenters. The number of halogens is 1. The molecule has 0 bridgehead atoms. The molecule has 3 rings (SSSR count). The molecule has 1 aliphatic rings. The van der Waals surface area contributed by atoms with Gasteiger partial charge in [0.25, 0.3) is 0 Å². The van der Waals surface area contributed by atoms with E-state index in [4.69, 9.17) is 0 Å². The topological polar surface area (TPSA) is 0 Å². The monoisotopic (exact) mass is 224 g/mol. The highest BCUT2D eigenvalue weighted by molar-refractivity contribution is 5.96. The van der Waals surface area contributed by atoms with Gasteiger partial charge in [0.05, 0.1) is 0 Å². The minimum Gasteiger partial charge on any atom is -0.206 e. The van der Waals surface area contributed by atoms with Crippen LogP contribution >= 0.6 is 0 Å². The van der Waals surface area contributed by atoms with E-state index in [9.17, 15) is 4.39 Å². The summed E-state index contributed by atoms with van der Waals surface area (Å²) in [5.41, 5.74) is 3.63. The molecular formula is C16H13F. The lowest BCUT2D eigenvalue weighted by atomic mass is 9.93. The van der Waals surface area contributed by atoms with Gasteiger partial charge in [-0.1, -0.05) is 61.5 Å². The van der Waals surface area contributed by atoms with Crippen LogP contribution < -0.4 is 0 Å². The van der Waals surface area contributed by atoms with Crippen LogP contribution in [0.5, 0.6) is 0 Å². The molecule has 84 valence electrons. The van der Waals surface area contributed by atoms with Crippen molar-refractivity contribution in [1.82, 2.24) is 0 Å². The molecule has 1 aliphatic carbocycles. The highest BCUT2D eigenvalue weighted by Crippen LogP contribution is 2.46. The molecule has 0 aromatic heterocycles. The van der Waals surface area contributed by atoms with Gasteiger partial charge in [-0.15, -0.1) is 0 Å². The molecule has 0 nitrogen and oxygen atoms in total. The first kappa shape index (κ1) is 10.3. The first-order valence-corrected chi connectivity index (χ1v) is 5.83. The maximum Gasteiger partial charge on any atom is 0.135 e. The van der Waals surface area contributed by atoms with E-state index in [0.29, 0.717) is 0 Å². The van der Waals surface area contributed by atoms with Crippen molar-refractivity contribution in [2.24, 2.45) is 0 Å². The zero-order valence-electron chi connectivity index (χ0n) is 9.65. The highest BCUT2D eigenvalue weighted by Gasteiger charge is 2.28.